The molecule has 0 aliphatic carbocycles. The fraction of sp³-hybridized carbons (Fsp3) is 0.562. The quantitative estimate of drug-likeness (QED) is 0.820. The lowest BCUT2D eigenvalue weighted by Gasteiger charge is -2.37. The summed E-state index contributed by atoms with van der Waals surface area (Å²) in [5, 5.41) is 0. The molecular weight excluding hydrogens is 250 g/mol. The summed E-state index contributed by atoms with van der Waals surface area (Å²) in [6.07, 6.45) is 2.52. The van der Waals surface area contributed by atoms with Gasteiger partial charge < -0.3 is 9.80 Å². The van der Waals surface area contributed by atoms with Gasteiger partial charge >= 0.3 is 0 Å². The average Bonchev–Trinajstić information content (AvgIpc) is 2.94. The van der Waals surface area contributed by atoms with E-state index in [1.165, 1.54) is 19.4 Å². The fourth-order valence-electron chi connectivity index (χ4n) is 3.28. The van der Waals surface area contributed by atoms with Crippen molar-refractivity contribution in [3.63, 3.8) is 0 Å². The van der Waals surface area contributed by atoms with Gasteiger partial charge in [-0.2, -0.15) is 0 Å². The fourth-order valence-corrected chi connectivity index (χ4v) is 3.28. The number of piperazine rings is 1. The average molecular weight is 273 g/mol. The molecule has 2 aliphatic rings. The Balaban J connectivity index is 1.74. The number of carbonyl (C=O) groups is 1. The number of benzene rings is 1. The van der Waals surface area contributed by atoms with Crippen molar-refractivity contribution in [2.75, 3.05) is 45.2 Å². The molecule has 3 rings (SSSR count). The molecule has 4 nitrogen and oxygen atoms in total. The summed E-state index contributed by atoms with van der Waals surface area (Å²) in [7, 11) is 4.00. The number of anilines is 1. The lowest BCUT2D eigenvalue weighted by Crippen LogP contribution is -2.52. The summed E-state index contributed by atoms with van der Waals surface area (Å²) < 4.78 is 0. The van der Waals surface area contributed by atoms with E-state index in [2.05, 4.69) is 4.90 Å². The summed E-state index contributed by atoms with van der Waals surface area (Å²) in [5.74, 6) is 0.181. The number of nitrogens with zero attached hydrogens (tertiary/aromatic N) is 3. The predicted octanol–water partition coefficient (Wildman–Crippen LogP) is 1.67. The van der Waals surface area contributed by atoms with Gasteiger partial charge in [0, 0.05) is 51.0 Å². The van der Waals surface area contributed by atoms with Crippen LogP contribution in [-0.2, 0) is 0 Å². The first-order valence-corrected chi connectivity index (χ1v) is 7.46. The van der Waals surface area contributed by atoms with Crippen LogP contribution in [0.4, 0.5) is 5.69 Å². The summed E-state index contributed by atoms with van der Waals surface area (Å²) >= 11 is 0. The standard InChI is InChI=1S/C16H23N3O/c1-17(2)14-6-3-5-13(11-14)16(20)19-10-9-18-8-4-7-15(18)12-19/h3,5-6,11,15H,4,7-10,12H2,1-2H3. The van der Waals surface area contributed by atoms with Crippen LogP contribution in [0, 0.1) is 0 Å². The molecule has 2 aliphatic heterocycles. The Morgan fingerprint density at radius 2 is 2.10 bits per heavy atom. The van der Waals surface area contributed by atoms with Gasteiger partial charge in [-0.25, -0.2) is 0 Å². The third-order valence-corrected chi connectivity index (χ3v) is 4.48. The van der Waals surface area contributed by atoms with Gasteiger partial charge in [0.15, 0.2) is 0 Å². The van der Waals surface area contributed by atoms with Crippen LogP contribution in [0.2, 0.25) is 0 Å². The molecule has 1 aromatic carbocycles. The van der Waals surface area contributed by atoms with E-state index in [1.807, 2.05) is 48.2 Å². The Labute approximate surface area is 121 Å². The monoisotopic (exact) mass is 273 g/mol. The summed E-state index contributed by atoms with van der Waals surface area (Å²) in [6, 6.07) is 8.50. The van der Waals surface area contributed by atoms with E-state index in [0.29, 0.717) is 6.04 Å². The highest BCUT2D eigenvalue weighted by Gasteiger charge is 2.32. The normalized spacial score (nSPS) is 22.7. The van der Waals surface area contributed by atoms with E-state index < -0.39 is 0 Å². The van der Waals surface area contributed by atoms with E-state index in [1.54, 1.807) is 0 Å². The highest BCUT2D eigenvalue weighted by Crippen LogP contribution is 2.23. The first kappa shape index (κ1) is 13.4. The van der Waals surface area contributed by atoms with Gasteiger partial charge in [0.1, 0.15) is 0 Å². The van der Waals surface area contributed by atoms with E-state index in [0.717, 1.165) is 30.9 Å². The van der Waals surface area contributed by atoms with Crippen molar-refractivity contribution < 1.29 is 4.79 Å². The first-order chi connectivity index (χ1) is 9.65. The maximum absolute atomic E-state index is 12.7. The molecule has 0 spiro atoms. The maximum Gasteiger partial charge on any atom is 0.254 e. The molecule has 0 aromatic heterocycles. The predicted molar refractivity (Wildman–Crippen MR) is 81.3 cm³/mol. The number of hydrogen-bond acceptors (Lipinski definition) is 3. The molecule has 2 saturated heterocycles. The van der Waals surface area contributed by atoms with Gasteiger partial charge in [-0.15, -0.1) is 0 Å². The number of rotatable bonds is 2. The van der Waals surface area contributed by atoms with Gasteiger partial charge in [-0.3, -0.25) is 9.69 Å². The summed E-state index contributed by atoms with van der Waals surface area (Å²) in [6.45, 7) is 4.00. The lowest BCUT2D eigenvalue weighted by atomic mass is 10.1. The van der Waals surface area contributed by atoms with E-state index >= 15 is 0 Å². The van der Waals surface area contributed by atoms with E-state index in [-0.39, 0.29) is 5.91 Å². The molecule has 1 unspecified atom stereocenters. The van der Waals surface area contributed by atoms with Gasteiger partial charge in [0.25, 0.3) is 5.91 Å². The Kier molecular flexibility index (Phi) is 3.66. The van der Waals surface area contributed by atoms with Crippen LogP contribution >= 0.6 is 0 Å². The summed E-state index contributed by atoms with van der Waals surface area (Å²) in [5.41, 5.74) is 1.89. The highest BCUT2D eigenvalue weighted by molar-refractivity contribution is 5.95. The molecule has 4 heteroatoms. The third kappa shape index (κ3) is 2.52. The van der Waals surface area contributed by atoms with Gasteiger partial charge in [0.05, 0.1) is 0 Å². The van der Waals surface area contributed by atoms with Crippen LogP contribution in [0.25, 0.3) is 0 Å². The molecule has 2 fully saturated rings. The molecule has 0 bridgehead atoms. The Hall–Kier alpha value is -1.55. The Morgan fingerprint density at radius 1 is 1.25 bits per heavy atom. The molecule has 108 valence electrons. The number of carbonyl (C=O) groups excluding carboxylic acids is 1. The molecule has 2 heterocycles. The first-order valence-electron chi connectivity index (χ1n) is 7.46. The van der Waals surface area contributed by atoms with Crippen molar-refractivity contribution in [2.45, 2.75) is 18.9 Å². The molecule has 1 atom stereocenters. The minimum atomic E-state index is 0.181. The van der Waals surface area contributed by atoms with Gasteiger partial charge in [-0.1, -0.05) is 6.07 Å². The number of fused-ring (bicyclic) bond motifs is 1. The Bertz CT molecular complexity index is 500. The van der Waals surface area contributed by atoms with E-state index in [4.69, 9.17) is 0 Å². The lowest BCUT2D eigenvalue weighted by molar-refractivity contribution is 0.0571. The zero-order valence-electron chi connectivity index (χ0n) is 12.4. The van der Waals surface area contributed by atoms with Crippen LogP contribution in [0.5, 0.6) is 0 Å². The van der Waals surface area contributed by atoms with Crippen molar-refractivity contribution in [2.24, 2.45) is 0 Å². The zero-order valence-corrected chi connectivity index (χ0v) is 12.4. The van der Waals surface area contributed by atoms with E-state index in [9.17, 15) is 4.79 Å². The molecule has 0 radical (unpaired) electrons. The topological polar surface area (TPSA) is 26.8 Å². The SMILES string of the molecule is CN(C)c1cccc(C(=O)N2CCN3CCCC3C2)c1. The van der Waals surface area contributed by atoms with Crippen molar-refractivity contribution in [1.82, 2.24) is 9.80 Å². The number of hydrogen-bond donors (Lipinski definition) is 0. The number of amides is 1. The maximum atomic E-state index is 12.7. The molecule has 0 N–H and O–H groups in total. The minimum absolute atomic E-state index is 0.181. The summed E-state index contributed by atoms with van der Waals surface area (Å²) in [4.78, 5) is 19.2. The molecule has 20 heavy (non-hydrogen) atoms. The van der Waals surface area contributed by atoms with Gasteiger partial charge in [0.2, 0.25) is 0 Å². The highest BCUT2D eigenvalue weighted by atomic mass is 16.2. The van der Waals surface area contributed by atoms with Crippen molar-refractivity contribution in [3.8, 4) is 0 Å². The second-order valence-electron chi connectivity index (χ2n) is 6.03. The van der Waals surface area contributed by atoms with Gasteiger partial charge in [-0.05, 0) is 37.6 Å². The van der Waals surface area contributed by atoms with Crippen LogP contribution in [0.15, 0.2) is 24.3 Å². The smallest absolute Gasteiger partial charge is 0.254 e. The second kappa shape index (κ2) is 5.44. The van der Waals surface area contributed by atoms with Crippen molar-refractivity contribution in [1.29, 1.82) is 0 Å². The molecule has 0 saturated carbocycles. The second-order valence-corrected chi connectivity index (χ2v) is 6.03. The van der Waals surface area contributed by atoms with Crippen LogP contribution in [-0.4, -0.2) is 62.0 Å². The van der Waals surface area contributed by atoms with Crippen LogP contribution in [0.3, 0.4) is 0 Å². The van der Waals surface area contributed by atoms with Crippen LogP contribution in [0.1, 0.15) is 23.2 Å². The molecular formula is C16H23N3O. The third-order valence-electron chi connectivity index (χ3n) is 4.48. The Morgan fingerprint density at radius 3 is 2.90 bits per heavy atom. The van der Waals surface area contributed by atoms with Crippen molar-refractivity contribution >= 4 is 11.6 Å². The zero-order chi connectivity index (χ0) is 14.1. The largest absolute Gasteiger partial charge is 0.378 e. The minimum Gasteiger partial charge on any atom is -0.378 e. The molecule has 1 aromatic rings. The van der Waals surface area contributed by atoms with Crippen LogP contribution < -0.4 is 4.90 Å². The van der Waals surface area contributed by atoms with Crippen molar-refractivity contribution in [3.05, 3.63) is 29.8 Å². The molecule has 1 amide bonds.